The Kier molecular flexibility index (Phi) is 4.41. The van der Waals surface area contributed by atoms with E-state index in [4.69, 9.17) is 0 Å². The summed E-state index contributed by atoms with van der Waals surface area (Å²) in [6.07, 6.45) is 3.02. The molecular formula is C22H29N5O3. The van der Waals surface area contributed by atoms with Crippen LogP contribution in [0.3, 0.4) is 0 Å². The number of aromatic amines is 1. The van der Waals surface area contributed by atoms with Gasteiger partial charge in [-0.05, 0) is 43.9 Å². The van der Waals surface area contributed by atoms with Crippen LogP contribution in [0.4, 0.5) is 0 Å². The van der Waals surface area contributed by atoms with Crippen LogP contribution in [-0.2, 0) is 17.9 Å². The third-order valence-corrected chi connectivity index (χ3v) is 7.52. The summed E-state index contributed by atoms with van der Waals surface area (Å²) in [6, 6.07) is 5.74. The first-order chi connectivity index (χ1) is 14.4. The van der Waals surface area contributed by atoms with Crippen molar-refractivity contribution in [3.63, 3.8) is 0 Å². The molecule has 0 radical (unpaired) electrons. The molecular weight excluding hydrogens is 382 g/mol. The van der Waals surface area contributed by atoms with Crippen LogP contribution in [0, 0.1) is 5.41 Å². The minimum Gasteiger partial charge on any atom is -0.359 e. The number of nitrogens with one attached hydrogen (secondary N) is 2. The standard InChI is InChI=1S/C22H29N5O3/c1-3-27-18(28)16-5-4-15(10-17(16)24-20(27)30)11-25-6-8-26(9-7-25)22-12-21(13-22,14-22)19(29)23-2/h4-5,10H,3,6-9,11-14H2,1-2H3,(H,23,29)(H,24,30). The van der Waals surface area contributed by atoms with E-state index in [1.54, 1.807) is 14.0 Å². The summed E-state index contributed by atoms with van der Waals surface area (Å²) in [5, 5.41) is 3.37. The summed E-state index contributed by atoms with van der Waals surface area (Å²) in [5.41, 5.74) is 1.31. The maximum atomic E-state index is 12.4. The summed E-state index contributed by atoms with van der Waals surface area (Å²) in [7, 11) is 1.73. The van der Waals surface area contributed by atoms with Crippen LogP contribution >= 0.6 is 0 Å². The molecule has 1 aromatic heterocycles. The van der Waals surface area contributed by atoms with Crippen LogP contribution in [0.2, 0.25) is 0 Å². The first-order valence-corrected chi connectivity index (χ1v) is 10.9. The zero-order chi connectivity index (χ0) is 21.1. The second kappa shape index (κ2) is 6.78. The lowest BCUT2D eigenvalue weighted by molar-refractivity contribution is -0.223. The first kappa shape index (κ1) is 19.5. The smallest absolute Gasteiger partial charge is 0.328 e. The Balaban J connectivity index is 1.22. The van der Waals surface area contributed by atoms with E-state index in [9.17, 15) is 14.4 Å². The molecule has 8 heteroatoms. The third kappa shape index (κ3) is 2.77. The highest BCUT2D eigenvalue weighted by Gasteiger charge is 2.73. The normalized spacial score (nSPS) is 28.7. The molecule has 0 unspecified atom stereocenters. The number of carbonyl (C=O) groups is 1. The van der Waals surface area contributed by atoms with E-state index in [-0.39, 0.29) is 28.1 Å². The lowest BCUT2D eigenvalue weighted by atomic mass is 9.38. The zero-order valence-corrected chi connectivity index (χ0v) is 17.7. The average molecular weight is 412 g/mol. The van der Waals surface area contributed by atoms with Gasteiger partial charge in [-0.2, -0.15) is 0 Å². The highest BCUT2D eigenvalue weighted by molar-refractivity contribution is 5.86. The lowest BCUT2D eigenvalue weighted by Crippen LogP contribution is -2.79. The first-order valence-electron chi connectivity index (χ1n) is 10.9. The van der Waals surface area contributed by atoms with Gasteiger partial charge in [0.25, 0.3) is 5.56 Å². The van der Waals surface area contributed by atoms with Gasteiger partial charge < -0.3 is 10.3 Å². The van der Waals surface area contributed by atoms with Crippen LogP contribution < -0.4 is 16.6 Å². The van der Waals surface area contributed by atoms with Crippen LogP contribution in [0.25, 0.3) is 10.9 Å². The highest BCUT2D eigenvalue weighted by atomic mass is 16.2. The summed E-state index contributed by atoms with van der Waals surface area (Å²) >= 11 is 0. The topological polar surface area (TPSA) is 90.4 Å². The minimum atomic E-state index is -0.353. The number of H-pyrrole nitrogens is 1. The molecule has 1 saturated heterocycles. The molecule has 3 saturated carbocycles. The summed E-state index contributed by atoms with van der Waals surface area (Å²) in [5.74, 6) is 0.211. The van der Waals surface area contributed by atoms with E-state index in [0.717, 1.165) is 57.5 Å². The Hall–Kier alpha value is -2.45. The Morgan fingerprint density at radius 3 is 2.47 bits per heavy atom. The molecule has 3 aliphatic carbocycles. The van der Waals surface area contributed by atoms with Gasteiger partial charge in [-0.3, -0.25) is 24.0 Å². The largest absolute Gasteiger partial charge is 0.359 e. The monoisotopic (exact) mass is 411 g/mol. The van der Waals surface area contributed by atoms with E-state index in [0.29, 0.717) is 17.4 Å². The fraction of sp³-hybridized carbons (Fsp3) is 0.591. The Labute approximate surface area is 174 Å². The average Bonchev–Trinajstić information content (AvgIpc) is 2.67. The molecule has 2 N–H and O–H groups in total. The maximum absolute atomic E-state index is 12.4. The second-order valence-electron chi connectivity index (χ2n) is 9.24. The van der Waals surface area contributed by atoms with Crippen LogP contribution in [0.15, 0.2) is 27.8 Å². The minimum absolute atomic E-state index is 0.0791. The van der Waals surface area contributed by atoms with E-state index in [1.807, 2.05) is 18.2 Å². The van der Waals surface area contributed by atoms with Gasteiger partial charge in [0.2, 0.25) is 5.91 Å². The summed E-state index contributed by atoms with van der Waals surface area (Å²) < 4.78 is 1.22. The van der Waals surface area contributed by atoms with Crippen molar-refractivity contribution in [3.05, 3.63) is 44.6 Å². The molecule has 1 aliphatic heterocycles. The number of aromatic nitrogens is 2. The molecule has 1 aromatic carbocycles. The molecule has 160 valence electrons. The molecule has 1 amide bonds. The third-order valence-electron chi connectivity index (χ3n) is 7.52. The molecule has 8 nitrogen and oxygen atoms in total. The van der Waals surface area contributed by atoms with Crippen molar-refractivity contribution in [1.29, 1.82) is 0 Å². The van der Waals surface area contributed by atoms with Crippen molar-refractivity contribution < 1.29 is 4.79 Å². The number of carbonyl (C=O) groups excluding carboxylic acids is 1. The predicted octanol–water partition coefficient (Wildman–Crippen LogP) is 0.496. The van der Waals surface area contributed by atoms with Gasteiger partial charge in [0.05, 0.1) is 16.3 Å². The number of hydrogen-bond donors (Lipinski definition) is 2. The fourth-order valence-electron chi connectivity index (χ4n) is 5.90. The zero-order valence-electron chi connectivity index (χ0n) is 17.7. The second-order valence-corrected chi connectivity index (χ2v) is 9.24. The fourth-order valence-corrected chi connectivity index (χ4v) is 5.90. The predicted molar refractivity (Wildman–Crippen MR) is 114 cm³/mol. The number of amides is 1. The molecule has 4 aliphatic rings. The molecule has 6 rings (SSSR count). The van der Waals surface area contributed by atoms with Crippen LogP contribution in [0.5, 0.6) is 0 Å². The Bertz CT molecular complexity index is 1110. The van der Waals surface area contributed by atoms with E-state index < -0.39 is 0 Å². The van der Waals surface area contributed by atoms with Crippen LogP contribution in [0.1, 0.15) is 31.7 Å². The van der Waals surface area contributed by atoms with Crippen molar-refractivity contribution in [2.75, 3.05) is 33.2 Å². The molecule has 2 aromatic rings. The number of hydrogen-bond acceptors (Lipinski definition) is 5. The molecule has 2 bridgehead atoms. The molecule has 0 spiro atoms. The van der Waals surface area contributed by atoms with E-state index in [2.05, 4.69) is 20.1 Å². The SMILES string of the molecule is CCn1c(=O)[nH]c2cc(CN3CCN(C45CC(C(=O)NC)(C4)C5)CC3)ccc2c1=O. The quantitative estimate of drug-likeness (QED) is 0.748. The Morgan fingerprint density at radius 2 is 1.83 bits per heavy atom. The molecule has 30 heavy (non-hydrogen) atoms. The highest BCUT2D eigenvalue weighted by Crippen LogP contribution is 2.69. The van der Waals surface area contributed by atoms with E-state index >= 15 is 0 Å². The molecule has 0 atom stereocenters. The van der Waals surface area contributed by atoms with Crippen molar-refractivity contribution in [1.82, 2.24) is 24.7 Å². The number of benzene rings is 1. The van der Waals surface area contributed by atoms with Crippen molar-refractivity contribution in [2.24, 2.45) is 5.41 Å². The number of piperazine rings is 1. The summed E-state index contributed by atoms with van der Waals surface area (Å²) in [6.45, 7) is 6.98. The number of nitrogens with zero attached hydrogens (tertiary/aromatic N) is 3. The van der Waals surface area contributed by atoms with Crippen LogP contribution in [-0.4, -0.2) is 64.0 Å². The molecule has 4 fully saturated rings. The van der Waals surface area contributed by atoms with E-state index in [1.165, 1.54) is 4.57 Å². The summed E-state index contributed by atoms with van der Waals surface area (Å²) in [4.78, 5) is 44.4. The number of rotatable bonds is 5. The lowest BCUT2D eigenvalue weighted by Gasteiger charge is -2.73. The number of fused-ring (bicyclic) bond motifs is 1. The van der Waals surface area contributed by atoms with Crippen molar-refractivity contribution in [2.45, 2.75) is 44.8 Å². The van der Waals surface area contributed by atoms with Gasteiger partial charge in [0.1, 0.15) is 0 Å². The van der Waals surface area contributed by atoms with Gasteiger partial charge in [0.15, 0.2) is 0 Å². The van der Waals surface area contributed by atoms with Gasteiger partial charge >= 0.3 is 5.69 Å². The van der Waals surface area contributed by atoms with Gasteiger partial charge in [-0.25, -0.2) is 4.79 Å². The van der Waals surface area contributed by atoms with Gasteiger partial charge in [-0.15, -0.1) is 0 Å². The van der Waals surface area contributed by atoms with Crippen molar-refractivity contribution >= 4 is 16.8 Å². The van der Waals surface area contributed by atoms with Gasteiger partial charge in [-0.1, -0.05) is 6.07 Å². The maximum Gasteiger partial charge on any atom is 0.328 e. The molecule has 2 heterocycles. The Morgan fingerprint density at radius 1 is 1.13 bits per heavy atom. The van der Waals surface area contributed by atoms with Crippen molar-refractivity contribution in [3.8, 4) is 0 Å². The van der Waals surface area contributed by atoms with Gasteiger partial charge in [0, 0.05) is 51.9 Å².